The van der Waals surface area contributed by atoms with Gasteiger partial charge in [0.15, 0.2) is 0 Å². The zero-order valence-corrected chi connectivity index (χ0v) is 12.8. The van der Waals surface area contributed by atoms with Crippen molar-refractivity contribution in [3.05, 3.63) is 0 Å². The molecule has 0 aromatic rings. The standard InChI is InChI=1S/C10H21F3O3SSi/c1-4-7-8-9-18(5-2,6-3)16-17(14,15)10(11,12)13/h4-9H2,1-3H3. The van der Waals surface area contributed by atoms with Gasteiger partial charge in [0.05, 0.1) is 0 Å². The summed E-state index contributed by atoms with van der Waals surface area (Å²) in [7, 11) is -8.29. The average Bonchev–Trinajstić information content (AvgIpc) is 2.26. The molecule has 110 valence electrons. The topological polar surface area (TPSA) is 43.4 Å². The van der Waals surface area contributed by atoms with Crippen molar-refractivity contribution in [1.82, 2.24) is 0 Å². The van der Waals surface area contributed by atoms with E-state index >= 15 is 0 Å². The Labute approximate surface area is 108 Å². The second-order valence-electron chi connectivity index (χ2n) is 4.33. The predicted molar refractivity (Wildman–Crippen MR) is 67.1 cm³/mol. The fraction of sp³-hybridized carbons (Fsp3) is 1.00. The molecule has 0 bridgehead atoms. The van der Waals surface area contributed by atoms with Gasteiger partial charge in [-0.1, -0.05) is 40.0 Å². The maximum absolute atomic E-state index is 12.3. The second kappa shape index (κ2) is 6.90. The highest BCUT2D eigenvalue weighted by atomic mass is 32.2. The molecule has 0 N–H and O–H groups in total. The van der Waals surface area contributed by atoms with Gasteiger partial charge in [-0.2, -0.15) is 21.6 Å². The molecule has 0 aliphatic carbocycles. The van der Waals surface area contributed by atoms with Crippen LogP contribution in [0.3, 0.4) is 0 Å². The third kappa shape index (κ3) is 4.89. The monoisotopic (exact) mass is 306 g/mol. The van der Waals surface area contributed by atoms with E-state index in [1.54, 1.807) is 13.8 Å². The largest absolute Gasteiger partial charge is 0.522 e. The molecule has 0 aromatic heterocycles. The highest BCUT2D eigenvalue weighted by Crippen LogP contribution is 2.33. The molecular formula is C10H21F3O3SSi. The summed E-state index contributed by atoms with van der Waals surface area (Å²) in [6, 6.07) is 1.22. The molecule has 0 heterocycles. The van der Waals surface area contributed by atoms with Gasteiger partial charge in [0.25, 0.3) is 0 Å². The third-order valence-corrected chi connectivity index (χ3v) is 9.80. The van der Waals surface area contributed by atoms with Crippen LogP contribution in [0.15, 0.2) is 0 Å². The molecule has 0 unspecified atom stereocenters. The van der Waals surface area contributed by atoms with Crippen LogP contribution in [0.1, 0.15) is 40.0 Å². The van der Waals surface area contributed by atoms with Crippen molar-refractivity contribution >= 4 is 18.4 Å². The molecule has 0 saturated heterocycles. The van der Waals surface area contributed by atoms with Crippen LogP contribution in [0.5, 0.6) is 0 Å². The Morgan fingerprint density at radius 3 is 1.89 bits per heavy atom. The van der Waals surface area contributed by atoms with Gasteiger partial charge in [0.1, 0.15) is 0 Å². The van der Waals surface area contributed by atoms with Crippen LogP contribution in [-0.2, 0) is 14.0 Å². The fourth-order valence-corrected chi connectivity index (χ4v) is 7.36. The summed E-state index contributed by atoms with van der Waals surface area (Å²) in [6.07, 6.45) is 2.53. The van der Waals surface area contributed by atoms with Crippen molar-refractivity contribution in [2.45, 2.75) is 63.7 Å². The molecule has 3 nitrogen and oxygen atoms in total. The number of halogens is 3. The van der Waals surface area contributed by atoms with Crippen molar-refractivity contribution in [3.63, 3.8) is 0 Å². The SMILES string of the molecule is CCCCC[Si](CC)(CC)OS(=O)(=O)C(F)(F)F. The number of unbranched alkanes of at least 4 members (excludes halogenated alkanes) is 2. The van der Waals surface area contributed by atoms with Gasteiger partial charge >= 0.3 is 15.6 Å². The van der Waals surface area contributed by atoms with Crippen LogP contribution in [0.2, 0.25) is 18.1 Å². The number of hydrogen-bond donors (Lipinski definition) is 0. The maximum Gasteiger partial charge on any atom is 0.522 e. The van der Waals surface area contributed by atoms with Crippen LogP contribution in [-0.4, -0.2) is 22.2 Å². The molecule has 0 amide bonds. The lowest BCUT2D eigenvalue weighted by Gasteiger charge is -2.28. The Morgan fingerprint density at radius 2 is 1.56 bits per heavy atom. The molecule has 0 atom stereocenters. The van der Waals surface area contributed by atoms with Crippen LogP contribution < -0.4 is 0 Å². The van der Waals surface area contributed by atoms with Gasteiger partial charge in [-0.25, -0.2) is 0 Å². The molecule has 0 saturated carbocycles. The van der Waals surface area contributed by atoms with E-state index in [1.165, 1.54) is 0 Å². The first-order valence-electron chi connectivity index (χ1n) is 6.16. The van der Waals surface area contributed by atoms with Gasteiger partial charge in [0, 0.05) is 0 Å². The van der Waals surface area contributed by atoms with Crippen molar-refractivity contribution in [1.29, 1.82) is 0 Å². The van der Waals surface area contributed by atoms with E-state index in [0.29, 0.717) is 18.1 Å². The Balaban J connectivity index is 4.92. The van der Waals surface area contributed by atoms with E-state index in [0.717, 1.165) is 19.3 Å². The minimum absolute atomic E-state index is 0.378. The van der Waals surface area contributed by atoms with E-state index in [2.05, 4.69) is 3.87 Å². The maximum atomic E-state index is 12.3. The Hall–Kier alpha value is -0.0831. The Morgan fingerprint density at radius 1 is 1.06 bits per heavy atom. The van der Waals surface area contributed by atoms with E-state index in [1.807, 2.05) is 6.92 Å². The molecule has 0 fully saturated rings. The van der Waals surface area contributed by atoms with Crippen LogP contribution in [0.25, 0.3) is 0 Å². The van der Waals surface area contributed by atoms with Gasteiger partial charge < -0.3 is 3.87 Å². The summed E-state index contributed by atoms with van der Waals surface area (Å²) >= 11 is 0. The molecule has 0 spiro atoms. The minimum atomic E-state index is -5.45. The third-order valence-electron chi connectivity index (χ3n) is 3.09. The van der Waals surface area contributed by atoms with Gasteiger partial charge in [-0.05, 0) is 18.1 Å². The number of alkyl halides is 3. The van der Waals surface area contributed by atoms with Crippen molar-refractivity contribution in [2.75, 3.05) is 0 Å². The summed E-state index contributed by atoms with van der Waals surface area (Å²) in [5, 5.41) is 0. The molecule has 0 aliphatic rings. The van der Waals surface area contributed by atoms with Crippen LogP contribution in [0, 0.1) is 0 Å². The quantitative estimate of drug-likeness (QED) is 0.386. The highest BCUT2D eigenvalue weighted by molar-refractivity contribution is 7.88. The van der Waals surface area contributed by atoms with Crippen LogP contribution in [0.4, 0.5) is 13.2 Å². The highest BCUT2D eigenvalue weighted by Gasteiger charge is 2.51. The Kier molecular flexibility index (Phi) is 6.87. The van der Waals surface area contributed by atoms with Crippen molar-refractivity contribution in [3.8, 4) is 0 Å². The summed E-state index contributed by atoms with van der Waals surface area (Å²) < 4.78 is 63.8. The molecular weight excluding hydrogens is 285 g/mol. The molecule has 0 aromatic carbocycles. The molecule has 0 rings (SSSR count). The van der Waals surface area contributed by atoms with E-state index in [-0.39, 0.29) is 0 Å². The fourth-order valence-electron chi connectivity index (χ4n) is 1.74. The number of hydrogen-bond acceptors (Lipinski definition) is 3. The normalized spacial score (nSPS) is 13.9. The first kappa shape index (κ1) is 17.9. The van der Waals surface area contributed by atoms with Gasteiger partial charge in [-0.15, -0.1) is 0 Å². The first-order valence-corrected chi connectivity index (χ1v) is 10.1. The second-order valence-corrected chi connectivity index (χ2v) is 10.6. The first-order chi connectivity index (χ1) is 8.14. The lowest BCUT2D eigenvalue weighted by Crippen LogP contribution is -2.42. The van der Waals surface area contributed by atoms with Crippen LogP contribution >= 0.6 is 0 Å². The smallest absolute Gasteiger partial charge is 0.308 e. The van der Waals surface area contributed by atoms with E-state index in [4.69, 9.17) is 0 Å². The van der Waals surface area contributed by atoms with E-state index < -0.39 is 23.9 Å². The minimum Gasteiger partial charge on any atom is -0.308 e. The average molecular weight is 306 g/mol. The van der Waals surface area contributed by atoms with Gasteiger partial charge in [-0.3, -0.25) is 0 Å². The van der Waals surface area contributed by atoms with Crippen molar-refractivity contribution in [2.24, 2.45) is 0 Å². The summed E-state index contributed by atoms with van der Waals surface area (Å²) in [6.45, 7) is 5.38. The summed E-state index contributed by atoms with van der Waals surface area (Å²) in [4.78, 5) is 0. The number of rotatable bonds is 8. The summed E-state index contributed by atoms with van der Waals surface area (Å²) in [5.74, 6) is 0. The van der Waals surface area contributed by atoms with Gasteiger partial charge in [0.2, 0.25) is 8.32 Å². The summed E-state index contributed by atoms with van der Waals surface area (Å²) in [5.41, 5.74) is -5.32. The molecule has 18 heavy (non-hydrogen) atoms. The van der Waals surface area contributed by atoms with E-state index in [9.17, 15) is 21.6 Å². The molecule has 8 heteroatoms. The zero-order valence-electron chi connectivity index (χ0n) is 11.0. The lowest BCUT2D eigenvalue weighted by molar-refractivity contribution is -0.0504. The molecule has 0 radical (unpaired) electrons. The van der Waals surface area contributed by atoms with Crippen molar-refractivity contribution < 1.29 is 25.5 Å². The Bertz CT molecular complexity index is 337. The molecule has 0 aliphatic heterocycles. The lowest BCUT2D eigenvalue weighted by atomic mass is 10.3. The zero-order chi connectivity index (χ0) is 14.4. The predicted octanol–water partition coefficient (Wildman–Crippen LogP) is 4.03.